The van der Waals surface area contributed by atoms with Crippen LogP contribution in [0.2, 0.25) is 0 Å². The van der Waals surface area contributed by atoms with E-state index in [9.17, 15) is 13.2 Å². The van der Waals surface area contributed by atoms with Gasteiger partial charge in [0, 0.05) is 24.1 Å². The van der Waals surface area contributed by atoms with Crippen molar-refractivity contribution in [2.45, 2.75) is 10.9 Å². The van der Waals surface area contributed by atoms with Gasteiger partial charge in [0.1, 0.15) is 17.5 Å². The van der Waals surface area contributed by atoms with Crippen molar-refractivity contribution in [3.8, 4) is 5.69 Å². The average Bonchev–Trinajstić information content (AvgIpc) is 3.18. The van der Waals surface area contributed by atoms with Gasteiger partial charge in [0.15, 0.2) is 5.16 Å². The fourth-order valence-corrected chi connectivity index (χ4v) is 3.93. The molecule has 0 aliphatic carbocycles. The molecule has 0 fully saturated rings. The van der Waals surface area contributed by atoms with Crippen LogP contribution in [-0.4, -0.2) is 21.8 Å². The third-order valence-electron chi connectivity index (χ3n) is 4.55. The number of halogens is 3. The molecule has 0 bridgehead atoms. The SMILES string of the molecule is CN(c1ccccc1)c1nnc(SCc2c(F)cccc2F)n1-c1ccc(F)cc1. The summed E-state index contributed by atoms with van der Waals surface area (Å²) in [5.41, 5.74) is 1.48. The van der Waals surface area contributed by atoms with Gasteiger partial charge in [-0.05, 0) is 48.5 Å². The Labute approximate surface area is 176 Å². The van der Waals surface area contributed by atoms with Gasteiger partial charge in [0.2, 0.25) is 5.95 Å². The standard InChI is InChI=1S/C22H17F3N4S/c1-28(16-6-3-2-4-7-16)21-26-27-22(29(21)17-12-10-15(23)11-13-17)30-14-18-19(24)8-5-9-20(18)25/h2-13H,14H2,1H3. The molecule has 0 spiro atoms. The molecule has 0 amide bonds. The summed E-state index contributed by atoms with van der Waals surface area (Å²) in [6.07, 6.45) is 0. The van der Waals surface area contributed by atoms with Crippen LogP contribution < -0.4 is 4.90 Å². The molecule has 4 aromatic rings. The zero-order valence-corrected chi connectivity index (χ0v) is 16.8. The van der Waals surface area contributed by atoms with E-state index in [-0.39, 0.29) is 17.1 Å². The topological polar surface area (TPSA) is 34.0 Å². The average molecular weight is 426 g/mol. The smallest absolute Gasteiger partial charge is 0.236 e. The van der Waals surface area contributed by atoms with Crippen LogP contribution in [0.3, 0.4) is 0 Å². The predicted octanol–water partition coefficient (Wildman–Crippen LogP) is 5.74. The lowest BCUT2D eigenvalue weighted by Gasteiger charge is -2.20. The molecule has 0 N–H and O–H groups in total. The van der Waals surface area contributed by atoms with Crippen LogP contribution in [0, 0.1) is 17.5 Å². The monoisotopic (exact) mass is 426 g/mol. The van der Waals surface area contributed by atoms with E-state index in [4.69, 9.17) is 0 Å². The van der Waals surface area contributed by atoms with Crippen LogP contribution in [-0.2, 0) is 5.75 Å². The molecule has 30 heavy (non-hydrogen) atoms. The molecule has 4 rings (SSSR count). The lowest BCUT2D eigenvalue weighted by Crippen LogP contribution is -2.15. The summed E-state index contributed by atoms with van der Waals surface area (Å²) in [7, 11) is 1.84. The summed E-state index contributed by atoms with van der Waals surface area (Å²) in [6, 6.07) is 19.2. The van der Waals surface area contributed by atoms with Crippen molar-refractivity contribution in [1.82, 2.24) is 14.8 Å². The molecule has 8 heteroatoms. The maximum absolute atomic E-state index is 14.0. The van der Waals surface area contributed by atoms with E-state index >= 15 is 0 Å². The molecule has 3 aromatic carbocycles. The van der Waals surface area contributed by atoms with E-state index in [2.05, 4.69) is 10.2 Å². The minimum atomic E-state index is -0.614. The highest BCUT2D eigenvalue weighted by molar-refractivity contribution is 7.98. The predicted molar refractivity (Wildman–Crippen MR) is 112 cm³/mol. The summed E-state index contributed by atoms with van der Waals surface area (Å²) in [4.78, 5) is 1.84. The Morgan fingerprint density at radius 1 is 0.833 bits per heavy atom. The second kappa shape index (κ2) is 8.62. The Morgan fingerprint density at radius 3 is 2.17 bits per heavy atom. The van der Waals surface area contributed by atoms with Crippen LogP contribution in [0.25, 0.3) is 5.69 Å². The number of para-hydroxylation sites is 1. The minimum absolute atomic E-state index is 0.0332. The number of hydrogen-bond acceptors (Lipinski definition) is 4. The number of rotatable bonds is 6. The van der Waals surface area contributed by atoms with E-state index in [1.54, 1.807) is 16.7 Å². The Bertz CT molecular complexity index is 1130. The van der Waals surface area contributed by atoms with E-state index in [1.165, 1.54) is 30.3 Å². The Kier molecular flexibility index (Phi) is 5.76. The van der Waals surface area contributed by atoms with Crippen molar-refractivity contribution in [1.29, 1.82) is 0 Å². The fourth-order valence-electron chi connectivity index (χ4n) is 2.96. The molecule has 0 aliphatic heterocycles. The molecule has 0 aliphatic rings. The number of benzene rings is 3. The van der Waals surface area contributed by atoms with E-state index in [0.717, 1.165) is 17.4 Å². The molecule has 0 saturated carbocycles. The fraction of sp³-hybridized carbons (Fsp3) is 0.0909. The number of nitrogens with zero attached hydrogens (tertiary/aromatic N) is 4. The zero-order valence-electron chi connectivity index (χ0n) is 16.0. The van der Waals surface area contributed by atoms with Gasteiger partial charge in [-0.25, -0.2) is 13.2 Å². The normalized spacial score (nSPS) is 10.9. The van der Waals surface area contributed by atoms with E-state index in [1.807, 2.05) is 42.3 Å². The molecule has 0 radical (unpaired) electrons. The molecule has 4 nitrogen and oxygen atoms in total. The van der Waals surface area contributed by atoms with Crippen molar-refractivity contribution in [2.24, 2.45) is 0 Å². The maximum Gasteiger partial charge on any atom is 0.236 e. The van der Waals surface area contributed by atoms with Crippen molar-refractivity contribution < 1.29 is 13.2 Å². The van der Waals surface area contributed by atoms with Crippen LogP contribution in [0.15, 0.2) is 78.0 Å². The molecule has 1 heterocycles. The summed E-state index contributed by atoms with van der Waals surface area (Å²) in [5.74, 6) is -1.07. The Balaban J connectivity index is 1.73. The van der Waals surface area contributed by atoms with Crippen molar-refractivity contribution in [3.63, 3.8) is 0 Å². The summed E-state index contributed by atoms with van der Waals surface area (Å²) < 4.78 is 43.3. The number of thioether (sulfide) groups is 1. The quantitative estimate of drug-likeness (QED) is 0.368. The number of anilines is 2. The molecule has 152 valence electrons. The first-order valence-electron chi connectivity index (χ1n) is 9.10. The molecule has 0 unspecified atom stereocenters. The molecule has 0 atom stereocenters. The van der Waals surface area contributed by atoms with Crippen LogP contribution in [0.4, 0.5) is 24.8 Å². The van der Waals surface area contributed by atoms with Crippen molar-refractivity contribution in [3.05, 3.63) is 95.8 Å². The minimum Gasteiger partial charge on any atom is -0.313 e. The number of hydrogen-bond donors (Lipinski definition) is 0. The summed E-state index contributed by atoms with van der Waals surface area (Å²) in [5, 5.41) is 8.95. The summed E-state index contributed by atoms with van der Waals surface area (Å²) >= 11 is 1.15. The first-order chi connectivity index (χ1) is 14.5. The molecule has 0 saturated heterocycles. The molecular formula is C22H17F3N4S. The Hall–Kier alpha value is -3.26. The van der Waals surface area contributed by atoms with E-state index in [0.29, 0.717) is 16.8 Å². The third kappa shape index (κ3) is 4.04. The largest absolute Gasteiger partial charge is 0.313 e. The number of aromatic nitrogens is 3. The molecule has 1 aromatic heterocycles. The van der Waals surface area contributed by atoms with Crippen molar-refractivity contribution in [2.75, 3.05) is 11.9 Å². The lowest BCUT2D eigenvalue weighted by atomic mass is 10.2. The van der Waals surface area contributed by atoms with E-state index < -0.39 is 11.6 Å². The zero-order chi connectivity index (χ0) is 21.1. The summed E-state index contributed by atoms with van der Waals surface area (Å²) in [6.45, 7) is 0. The van der Waals surface area contributed by atoms with Gasteiger partial charge in [-0.1, -0.05) is 36.0 Å². The van der Waals surface area contributed by atoms with Gasteiger partial charge in [0.05, 0.1) is 5.69 Å². The highest BCUT2D eigenvalue weighted by atomic mass is 32.2. The van der Waals surface area contributed by atoms with Gasteiger partial charge in [-0.15, -0.1) is 10.2 Å². The Morgan fingerprint density at radius 2 is 1.50 bits per heavy atom. The van der Waals surface area contributed by atoms with Gasteiger partial charge in [-0.2, -0.15) is 0 Å². The first-order valence-corrected chi connectivity index (χ1v) is 10.1. The highest BCUT2D eigenvalue weighted by Gasteiger charge is 2.20. The lowest BCUT2D eigenvalue weighted by molar-refractivity contribution is 0.566. The van der Waals surface area contributed by atoms with Crippen LogP contribution in [0.1, 0.15) is 5.56 Å². The van der Waals surface area contributed by atoms with Gasteiger partial charge in [0.25, 0.3) is 0 Å². The van der Waals surface area contributed by atoms with Gasteiger partial charge in [-0.3, -0.25) is 4.57 Å². The second-order valence-corrected chi connectivity index (χ2v) is 7.42. The van der Waals surface area contributed by atoms with Crippen molar-refractivity contribution >= 4 is 23.4 Å². The van der Waals surface area contributed by atoms with Crippen LogP contribution in [0.5, 0.6) is 0 Å². The third-order valence-corrected chi connectivity index (χ3v) is 5.51. The first kappa shape index (κ1) is 20.0. The van der Waals surface area contributed by atoms with Gasteiger partial charge >= 0.3 is 0 Å². The highest BCUT2D eigenvalue weighted by Crippen LogP contribution is 2.32. The molecular weight excluding hydrogens is 409 g/mol. The maximum atomic E-state index is 14.0. The van der Waals surface area contributed by atoms with Gasteiger partial charge < -0.3 is 4.90 Å². The van der Waals surface area contributed by atoms with Crippen LogP contribution >= 0.6 is 11.8 Å². The second-order valence-electron chi connectivity index (χ2n) is 6.48.